The van der Waals surface area contributed by atoms with Gasteiger partial charge in [-0.15, -0.1) is 0 Å². The average molecular weight is 377 g/mol. The van der Waals surface area contributed by atoms with E-state index >= 15 is 0 Å². The number of carbonyl (C=O) groups is 5. The second kappa shape index (κ2) is 7.56. The predicted molar refractivity (Wildman–Crippen MR) is 91.3 cm³/mol. The number of ketones is 1. The SMILES string of the molecule is CC(C)[C@@H](CC(=O)O)C1C(C(=O)C(=O)O)c2ccccc2N1C(=O)C(=O)O. The van der Waals surface area contributed by atoms with Gasteiger partial charge in [-0.2, -0.15) is 0 Å². The Balaban J connectivity index is 2.73. The molecule has 27 heavy (non-hydrogen) atoms. The van der Waals surface area contributed by atoms with Crippen LogP contribution in [0.1, 0.15) is 31.7 Å². The van der Waals surface area contributed by atoms with E-state index in [0.717, 1.165) is 4.90 Å². The van der Waals surface area contributed by atoms with Gasteiger partial charge in [-0.3, -0.25) is 19.3 Å². The predicted octanol–water partition coefficient (Wildman–Crippen LogP) is 0.971. The Hall–Kier alpha value is -3.23. The molecule has 0 saturated heterocycles. The van der Waals surface area contributed by atoms with Crippen molar-refractivity contribution in [1.82, 2.24) is 0 Å². The molecule has 3 N–H and O–H groups in total. The van der Waals surface area contributed by atoms with Crippen LogP contribution in [0, 0.1) is 11.8 Å². The highest BCUT2D eigenvalue weighted by Gasteiger charge is 2.52. The number of benzene rings is 1. The molecule has 9 nitrogen and oxygen atoms in total. The number of aliphatic carboxylic acids is 3. The van der Waals surface area contributed by atoms with Crippen LogP contribution in [0.15, 0.2) is 24.3 Å². The number of carboxylic acid groups (broad SMARTS) is 3. The third-order valence-corrected chi connectivity index (χ3v) is 4.77. The maximum atomic E-state index is 12.4. The quantitative estimate of drug-likeness (QED) is 0.621. The van der Waals surface area contributed by atoms with Gasteiger partial charge in [0.2, 0.25) is 5.78 Å². The van der Waals surface area contributed by atoms with Crippen molar-refractivity contribution >= 4 is 35.3 Å². The van der Waals surface area contributed by atoms with Crippen molar-refractivity contribution in [2.45, 2.75) is 32.2 Å². The second-order valence-electron chi connectivity index (χ2n) is 6.68. The fraction of sp³-hybridized carbons (Fsp3) is 0.389. The molecule has 0 fully saturated rings. The lowest BCUT2D eigenvalue weighted by Crippen LogP contribution is -2.50. The summed E-state index contributed by atoms with van der Waals surface area (Å²) in [6.45, 7) is 3.34. The molecule has 0 aromatic heterocycles. The van der Waals surface area contributed by atoms with E-state index in [0.29, 0.717) is 0 Å². The topological polar surface area (TPSA) is 149 Å². The van der Waals surface area contributed by atoms with E-state index in [9.17, 15) is 39.3 Å². The fourth-order valence-electron chi connectivity index (χ4n) is 3.63. The molecule has 0 aliphatic carbocycles. The largest absolute Gasteiger partial charge is 0.481 e. The zero-order valence-corrected chi connectivity index (χ0v) is 14.7. The summed E-state index contributed by atoms with van der Waals surface area (Å²) in [5.41, 5.74) is 0.297. The lowest BCUT2D eigenvalue weighted by Gasteiger charge is -2.35. The van der Waals surface area contributed by atoms with Crippen molar-refractivity contribution in [3.05, 3.63) is 29.8 Å². The molecule has 1 heterocycles. The Morgan fingerprint density at radius 3 is 2.07 bits per heavy atom. The van der Waals surface area contributed by atoms with Crippen molar-refractivity contribution in [1.29, 1.82) is 0 Å². The maximum absolute atomic E-state index is 12.4. The molecular weight excluding hydrogens is 358 g/mol. The number of hydrogen-bond acceptors (Lipinski definition) is 5. The molecule has 3 atom stereocenters. The number of hydrogen-bond donors (Lipinski definition) is 3. The summed E-state index contributed by atoms with van der Waals surface area (Å²) in [4.78, 5) is 59.8. The summed E-state index contributed by atoms with van der Waals surface area (Å²) < 4.78 is 0. The number of anilines is 1. The monoisotopic (exact) mass is 377 g/mol. The Bertz CT molecular complexity index is 762. The van der Waals surface area contributed by atoms with Crippen molar-refractivity contribution < 1.29 is 39.3 Å². The number of fused-ring (bicyclic) bond motifs is 1. The van der Waals surface area contributed by atoms with Crippen LogP contribution in [0.2, 0.25) is 0 Å². The first kappa shape index (κ1) is 20.1. The minimum absolute atomic E-state index is 0.102. The van der Waals surface area contributed by atoms with Gasteiger partial charge >= 0.3 is 23.8 Å². The normalized spacial score (nSPS) is 19.4. The molecule has 0 spiro atoms. The van der Waals surface area contributed by atoms with Gasteiger partial charge in [0.25, 0.3) is 0 Å². The molecule has 9 heteroatoms. The van der Waals surface area contributed by atoms with E-state index in [2.05, 4.69) is 0 Å². The summed E-state index contributed by atoms with van der Waals surface area (Å²) in [6.07, 6.45) is -0.455. The summed E-state index contributed by atoms with van der Waals surface area (Å²) in [5, 5.41) is 27.7. The number of para-hydroxylation sites is 1. The highest BCUT2D eigenvalue weighted by atomic mass is 16.4. The van der Waals surface area contributed by atoms with Crippen molar-refractivity contribution in [2.24, 2.45) is 11.8 Å². The number of nitrogens with zero attached hydrogens (tertiary/aromatic N) is 1. The van der Waals surface area contributed by atoms with Crippen LogP contribution in [0.25, 0.3) is 0 Å². The lowest BCUT2D eigenvalue weighted by molar-refractivity contribution is -0.151. The number of carbonyl (C=O) groups excluding carboxylic acids is 2. The van der Waals surface area contributed by atoms with Gasteiger partial charge in [0.1, 0.15) is 0 Å². The molecule has 1 aromatic rings. The molecule has 1 aromatic carbocycles. The maximum Gasteiger partial charge on any atom is 0.394 e. The fourth-order valence-corrected chi connectivity index (χ4v) is 3.63. The number of carboxylic acids is 3. The van der Waals surface area contributed by atoms with Gasteiger partial charge in [0, 0.05) is 5.69 Å². The molecule has 0 saturated carbocycles. The van der Waals surface area contributed by atoms with Gasteiger partial charge in [0.15, 0.2) is 0 Å². The molecule has 0 radical (unpaired) electrons. The van der Waals surface area contributed by atoms with Crippen LogP contribution in [0.4, 0.5) is 5.69 Å². The number of amides is 1. The van der Waals surface area contributed by atoms with Crippen LogP contribution in [-0.2, 0) is 24.0 Å². The Kier molecular flexibility index (Phi) is 5.63. The first-order valence-corrected chi connectivity index (χ1v) is 8.22. The first-order chi connectivity index (χ1) is 12.6. The third-order valence-electron chi connectivity index (χ3n) is 4.77. The Morgan fingerprint density at radius 2 is 1.59 bits per heavy atom. The van der Waals surface area contributed by atoms with Gasteiger partial charge in [0.05, 0.1) is 18.4 Å². The van der Waals surface area contributed by atoms with E-state index in [1.807, 2.05) is 0 Å². The minimum atomic E-state index is -1.78. The van der Waals surface area contributed by atoms with E-state index in [1.165, 1.54) is 24.3 Å². The summed E-state index contributed by atoms with van der Waals surface area (Å²) >= 11 is 0. The highest BCUT2D eigenvalue weighted by Crippen LogP contribution is 2.46. The second-order valence-corrected chi connectivity index (χ2v) is 6.68. The van der Waals surface area contributed by atoms with E-state index in [4.69, 9.17) is 0 Å². The standard InChI is InChI=1S/C18H19NO8/c1-8(2)10(7-12(20)21)14-13(15(22)17(24)25)9-5-3-4-6-11(9)19(14)16(23)18(26)27/h3-6,8,10,13-14H,7H2,1-2H3,(H,20,21)(H,24,25)(H,26,27)/t10-,13?,14?/m1/s1. The van der Waals surface area contributed by atoms with E-state index < -0.39 is 53.9 Å². The molecule has 2 rings (SSSR count). The van der Waals surface area contributed by atoms with Gasteiger partial charge in [-0.25, -0.2) is 9.59 Å². The average Bonchev–Trinajstić information content (AvgIpc) is 2.92. The minimum Gasteiger partial charge on any atom is -0.481 e. The molecule has 0 bridgehead atoms. The first-order valence-electron chi connectivity index (χ1n) is 8.22. The van der Waals surface area contributed by atoms with Crippen LogP contribution in [-0.4, -0.2) is 51.0 Å². The van der Waals surface area contributed by atoms with E-state index in [1.54, 1.807) is 13.8 Å². The number of rotatable bonds is 6. The molecule has 1 aliphatic rings. The van der Waals surface area contributed by atoms with Crippen molar-refractivity contribution in [3.63, 3.8) is 0 Å². The van der Waals surface area contributed by atoms with Crippen LogP contribution >= 0.6 is 0 Å². The molecular formula is C18H19NO8. The summed E-state index contributed by atoms with van der Waals surface area (Å²) in [5.74, 6) is -9.84. The Labute approximate surface area is 154 Å². The lowest BCUT2D eigenvalue weighted by atomic mass is 9.77. The van der Waals surface area contributed by atoms with Crippen LogP contribution in [0.3, 0.4) is 0 Å². The van der Waals surface area contributed by atoms with Gasteiger partial charge in [-0.05, 0) is 23.5 Å². The zero-order chi connectivity index (χ0) is 20.5. The Morgan fingerprint density at radius 1 is 1.00 bits per heavy atom. The third kappa shape index (κ3) is 3.67. The highest BCUT2D eigenvalue weighted by molar-refractivity contribution is 6.40. The van der Waals surface area contributed by atoms with E-state index in [-0.39, 0.29) is 17.2 Å². The molecule has 2 unspecified atom stereocenters. The van der Waals surface area contributed by atoms with Crippen LogP contribution in [0.5, 0.6) is 0 Å². The smallest absolute Gasteiger partial charge is 0.394 e. The number of Topliss-reactive ketones (excluding diaryl/α,β-unsaturated/α-hetero) is 1. The van der Waals surface area contributed by atoms with Gasteiger partial charge < -0.3 is 15.3 Å². The molecule has 1 amide bonds. The molecule has 1 aliphatic heterocycles. The van der Waals surface area contributed by atoms with Crippen LogP contribution < -0.4 is 4.90 Å². The van der Waals surface area contributed by atoms with Gasteiger partial charge in [-0.1, -0.05) is 32.0 Å². The van der Waals surface area contributed by atoms with Crippen molar-refractivity contribution in [2.75, 3.05) is 4.90 Å². The van der Waals surface area contributed by atoms with Crippen molar-refractivity contribution in [3.8, 4) is 0 Å². The molecule has 144 valence electrons. The summed E-state index contributed by atoms with van der Waals surface area (Å²) in [7, 11) is 0. The summed E-state index contributed by atoms with van der Waals surface area (Å²) in [6, 6.07) is 4.68. The zero-order valence-electron chi connectivity index (χ0n) is 14.7.